The highest BCUT2D eigenvalue weighted by Crippen LogP contribution is 2.27. The van der Waals surface area contributed by atoms with Crippen molar-refractivity contribution in [3.63, 3.8) is 0 Å². The van der Waals surface area contributed by atoms with E-state index >= 15 is 0 Å². The molecule has 0 bridgehead atoms. The molecule has 0 saturated carbocycles. The predicted molar refractivity (Wildman–Crippen MR) is 67.3 cm³/mol. The number of carbonyl (C=O) groups excluding carboxylic acids is 1. The number of ether oxygens (including phenoxy) is 1. The number of nitrogens with two attached hydrogens (primary N) is 2. The first-order valence-corrected chi connectivity index (χ1v) is 6.80. The average Bonchev–Trinajstić information content (AvgIpc) is 2.59. The number of hydrogen-bond acceptors (Lipinski definition) is 4. The van der Waals surface area contributed by atoms with Crippen molar-refractivity contribution in [1.82, 2.24) is 0 Å². The van der Waals surface area contributed by atoms with Crippen molar-refractivity contribution in [3.8, 4) is 0 Å². The quantitative estimate of drug-likeness (QED) is 0.682. The Hall–Kier alpha value is -0.260. The van der Waals surface area contributed by atoms with Gasteiger partial charge in [0.2, 0.25) is 5.91 Å². The van der Waals surface area contributed by atoms with Crippen molar-refractivity contribution in [2.45, 2.75) is 50.0 Å². The second-order valence-electron chi connectivity index (χ2n) is 4.66. The van der Waals surface area contributed by atoms with Crippen molar-refractivity contribution < 1.29 is 9.53 Å². The monoisotopic (exact) mass is 246 g/mol. The van der Waals surface area contributed by atoms with E-state index < -0.39 is 11.4 Å². The molecular formula is C11H22N2O2S. The Morgan fingerprint density at radius 1 is 1.62 bits per heavy atom. The van der Waals surface area contributed by atoms with Gasteiger partial charge in [-0.15, -0.1) is 0 Å². The van der Waals surface area contributed by atoms with E-state index in [1.165, 1.54) is 0 Å². The molecule has 1 aliphatic rings. The number of carbonyl (C=O) groups is 1. The summed E-state index contributed by atoms with van der Waals surface area (Å²) in [6, 6.07) is 0. The molecule has 94 valence electrons. The lowest BCUT2D eigenvalue weighted by molar-refractivity contribution is -0.122. The van der Waals surface area contributed by atoms with Gasteiger partial charge >= 0.3 is 0 Å². The Morgan fingerprint density at radius 3 is 2.81 bits per heavy atom. The highest BCUT2D eigenvalue weighted by Gasteiger charge is 2.26. The van der Waals surface area contributed by atoms with E-state index in [9.17, 15) is 4.79 Å². The van der Waals surface area contributed by atoms with Gasteiger partial charge in [0.1, 0.15) is 0 Å². The number of primary amides is 1. The summed E-state index contributed by atoms with van der Waals surface area (Å²) in [6.07, 6.45) is 3.05. The zero-order chi connectivity index (χ0) is 12.2. The summed E-state index contributed by atoms with van der Waals surface area (Å²) in [4.78, 5) is 11.0. The zero-order valence-electron chi connectivity index (χ0n) is 10.1. The fraction of sp³-hybridized carbons (Fsp3) is 0.909. The van der Waals surface area contributed by atoms with Crippen LogP contribution in [0.2, 0.25) is 0 Å². The summed E-state index contributed by atoms with van der Waals surface area (Å²) < 4.78 is 5.48. The summed E-state index contributed by atoms with van der Waals surface area (Å²) in [6.45, 7) is 4.68. The van der Waals surface area contributed by atoms with Crippen LogP contribution in [0, 0.1) is 0 Å². The van der Waals surface area contributed by atoms with Crippen molar-refractivity contribution >= 4 is 17.7 Å². The third-order valence-corrected chi connectivity index (χ3v) is 4.61. The van der Waals surface area contributed by atoms with E-state index in [0.717, 1.165) is 25.2 Å². The third-order valence-electron chi connectivity index (χ3n) is 3.04. The van der Waals surface area contributed by atoms with Gasteiger partial charge in [-0.3, -0.25) is 4.79 Å². The number of rotatable bonds is 6. The maximum atomic E-state index is 11.0. The molecule has 3 unspecified atom stereocenters. The van der Waals surface area contributed by atoms with E-state index in [0.29, 0.717) is 17.8 Å². The molecule has 0 aromatic heterocycles. The second-order valence-corrected chi connectivity index (χ2v) is 6.01. The minimum absolute atomic E-state index is 0.352. The summed E-state index contributed by atoms with van der Waals surface area (Å²) in [5, 5.41) is 0.595. The molecule has 0 spiro atoms. The topological polar surface area (TPSA) is 78.3 Å². The predicted octanol–water partition coefficient (Wildman–Crippen LogP) is 0.880. The number of amides is 1. The van der Waals surface area contributed by atoms with Crippen LogP contribution in [-0.4, -0.2) is 35.2 Å². The number of hydrogen-bond donors (Lipinski definition) is 2. The standard InChI is InChI=1S/C11H22N2O2S/c1-8-9(4-6-15-8)16-7-3-5-11(2,13)10(12)14/h8-9H,3-7,13H2,1-2H3,(H2,12,14). The average molecular weight is 246 g/mol. The molecule has 1 fully saturated rings. The summed E-state index contributed by atoms with van der Waals surface area (Å²) in [5.74, 6) is 0.591. The molecule has 0 aromatic rings. The molecule has 5 heteroatoms. The van der Waals surface area contributed by atoms with E-state index in [2.05, 4.69) is 6.92 Å². The van der Waals surface area contributed by atoms with Gasteiger partial charge in [0.05, 0.1) is 11.6 Å². The number of thioether (sulfide) groups is 1. The van der Waals surface area contributed by atoms with Crippen LogP contribution in [-0.2, 0) is 9.53 Å². The van der Waals surface area contributed by atoms with Crippen LogP contribution in [0.3, 0.4) is 0 Å². The molecule has 1 heterocycles. The normalized spacial score (nSPS) is 28.9. The van der Waals surface area contributed by atoms with Gasteiger partial charge < -0.3 is 16.2 Å². The van der Waals surface area contributed by atoms with Gasteiger partial charge in [0.25, 0.3) is 0 Å². The van der Waals surface area contributed by atoms with Gasteiger partial charge in [0.15, 0.2) is 0 Å². The van der Waals surface area contributed by atoms with Gasteiger partial charge in [-0.05, 0) is 38.9 Å². The summed E-state index contributed by atoms with van der Waals surface area (Å²) in [5.41, 5.74) is 10.1. The van der Waals surface area contributed by atoms with Crippen molar-refractivity contribution in [2.75, 3.05) is 12.4 Å². The van der Waals surface area contributed by atoms with E-state index in [4.69, 9.17) is 16.2 Å². The molecule has 1 aliphatic heterocycles. The minimum atomic E-state index is -0.863. The van der Waals surface area contributed by atoms with Gasteiger partial charge in [-0.1, -0.05) is 0 Å². The van der Waals surface area contributed by atoms with E-state index in [1.807, 2.05) is 11.8 Å². The van der Waals surface area contributed by atoms with Crippen LogP contribution < -0.4 is 11.5 Å². The Kier molecular flexibility index (Phi) is 5.08. The molecule has 0 radical (unpaired) electrons. The highest BCUT2D eigenvalue weighted by atomic mass is 32.2. The molecular weight excluding hydrogens is 224 g/mol. The van der Waals surface area contributed by atoms with E-state index in [-0.39, 0.29) is 0 Å². The lowest BCUT2D eigenvalue weighted by atomic mass is 9.97. The van der Waals surface area contributed by atoms with Gasteiger partial charge in [-0.25, -0.2) is 0 Å². The molecule has 0 aliphatic carbocycles. The minimum Gasteiger partial charge on any atom is -0.377 e. The van der Waals surface area contributed by atoms with Crippen LogP contribution >= 0.6 is 11.8 Å². The largest absolute Gasteiger partial charge is 0.377 e. The van der Waals surface area contributed by atoms with Crippen molar-refractivity contribution in [3.05, 3.63) is 0 Å². The molecule has 4 N–H and O–H groups in total. The molecule has 3 atom stereocenters. The Morgan fingerprint density at radius 2 is 2.31 bits per heavy atom. The zero-order valence-corrected chi connectivity index (χ0v) is 10.9. The SMILES string of the molecule is CC1OCCC1SCCCC(C)(N)C(N)=O. The molecule has 0 aromatic carbocycles. The first kappa shape index (κ1) is 13.8. The van der Waals surface area contributed by atoms with Crippen LogP contribution in [0.5, 0.6) is 0 Å². The molecule has 1 saturated heterocycles. The van der Waals surface area contributed by atoms with Crippen molar-refractivity contribution in [2.24, 2.45) is 11.5 Å². The fourth-order valence-electron chi connectivity index (χ4n) is 1.73. The maximum Gasteiger partial charge on any atom is 0.237 e. The van der Waals surface area contributed by atoms with Gasteiger partial charge in [0, 0.05) is 11.9 Å². The third kappa shape index (κ3) is 3.96. The fourth-order valence-corrected chi connectivity index (χ4v) is 2.95. The summed E-state index contributed by atoms with van der Waals surface area (Å²) >= 11 is 1.91. The first-order chi connectivity index (χ1) is 7.43. The molecule has 1 rings (SSSR count). The summed E-state index contributed by atoms with van der Waals surface area (Å²) in [7, 11) is 0. The Balaban J connectivity index is 2.14. The Bertz CT molecular complexity index is 246. The second kappa shape index (κ2) is 5.89. The van der Waals surface area contributed by atoms with Crippen LogP contribution in [0.4, 0.5) is 0 Å². The lowest BCUT2D eigenvalue weighted by Crippen LogP contribution is -2.49. The Labute approximate surface area is 101 Å². The van der Waals surface area contributed by atoms with Gasteiger partial charge in [-0.2, -0.15) is 11.8 Å². The van der Waals surface area contributed by atoms with Crippen molar-refractivity contribution in [1.29, 1.82) is 0 Å². The molecule has 16 heavy (non-hydrogen) atoms. The first-order valence-electron chi connectivity index (χ1n) is 5.75. The maximum absolute atomic E-state index is 11.0. The lowest BCUT2D eigenvalue weighted by Gasteiger charge is -2.20. The van der Waals surface area contributed by atoms with E-state index in [1.54, 1.807) is 6.92 Å². The highest BCUT2D eigenvalue weighted by molar-refractivity contribution is 7.99. The molecule has 1 amide bonds. The smallest absolute Gasteiger partial charge is 0.237 e. The molecule has 4 nitrogen and oxygen atoms in total. The van der Waals surface area contributed by atoms with Crippen LogP contribution in [0.15, 0.2) is 0 Å². The van der Waals surface area contributed by atoms with Crippen LogP contribution in [0.1, 0.15) is 33.1 Å². The van der Waals surface area contributed by atoms with Crippen LogP contribution in [0.25, 0.3) is 0 Å².